The van der Waals surface area contributed by atoms with Crippen molar-refractivity contribution in [2.45, 2.75) is 33.1 Å². The van der Waals surface area contributed by atoms with E-state index in [0.717, 1.165) is 12.8 Å². The predicted octanol–water partition coefficient (Wildman–Crippen LogP) is 4.58. The van der Waals surface area contributed by atoms with Crippen molar-refractivity contribution in [1.82, 2.24) is 0 Å². The summed E-state index contributed by atoms with van der Waals surface area (Å²) in [6, 6.07) is 0. The van der Waals surface area contributed by atoms with Gasteiger partial charge in [0, 0.05) is 0 Å². The van der Waals surface area contributed by atoms with Crippen LogP contribution in [0.15, 0.2) is 17.7 Å². The number of unbranched alkanes of at least 4 members (excludes halogenated alkanes) is 1. The third kappa shape index (κ3) is 23.1. The van der Waals surface area contributed by atoms with Crippen LogP contribution in [0.25, 0.3) is 0 Å². The fourth-order valence-corrected chi connectivity index (χ4v) is 0.499. The number of allylic oxidation sites excluding steroid dienone is 4. The Bertz CT molecular complexity index is 129. The molecule has 0 unspecified atom stereocenters. The zero-order valence-electron chi connectivity index (χ0n) is 8.71. The average Bonchev–Trinajstić information content (AvgIpc) is 2.40. The molecule has 0 N–H and O–H groups in total. The Balaban J connectivity index is -0.0000000315. The topological polar surface area (TPSA) is 0 Å². The van der Waals surface area contributed by atoms with E-state index in [1.165, 1.54) is 12.0 Å². The Morgan fingerprint density at radius 3 is 1.86 bits per heavy atom. The first-order valence-electron chi connectivity index (χ1n) is 3.83. The first-order valence-corrected chi connectivity index (χ1v) is 3.83. The number of halogens is 3. The Morgan fingerprint density at radius 2 is 1.79 bits per heavy atom. The molecule has 0 amide bonds. The summed E-state index contributed by atoms with van der Waals surface area (Å²) < 4.78 is 0. The van der Waals surface area contributed by atoms with Crippen molar-refractivity contribution in [2.75, 3.05) is 0 Å². The van der Waals surface area contributed by atoms with Crippen molar-refractivity contribution < 1.29 is 21.7 Å². The van der Waals surface area contributed by atoms with E-state index in [2.05, 4.69) is 32.9 Å². The van der Waals surface area contributed by atoms with Crippen LogP contribution in [0, 0.1) is 13.0 Å². The molecular weight excluding hydrogens is 274 g/mol. The molecule has 0 saturated heterocycles. The summed E-state index contributed by atoms with van der Waals surface area (Å²) in [5.41, 5.74) is 1.34. The third-order valence-corrected chi connectivity index (χ3v) is 1.23. The van der Waals surface area contributed by atoms with Crippen LogP contribution in [-0.4, -0.2) is 0 Å². The van der Waals surface area contributed by atoms with Crippen molar-refractivity contribution in [1.29, 1.82) is 0 Å². The average molecular weight is 293 g/mol. The maximum absolute atomic E-state index is 3.60. The van der Waals surface area contributed by atoms with Gasteiger partial charge in [0.05, 0.1) is 0 Å². The molecule has 1 aliphatic rings. The third-order valence-electron chi connectivity index (χ3n) is 1.23. The summed E-state index contributed by atoms with van der Waals surface area (Å²) in [4.78, 5) is 0. The normalized spacial score (nSPS) is 10.1. The van der Waals surface area contributed by atoms with Gasteiger partial charge in [-0.05, 0) is 0 Å². The van der Waals surface area contributed by atoms with Crippen LogP contribution in [0.3, 0.4) is 0 Å². The second kappa shape index (κ2) is 23.7. The molecule has 0 nitrogen and oxygen atoms in total. The minimum atomic E-state index is 0. The minimum Gasteiger partial charge on any atom is -0.343 e. The van der Waals surface area contributed by atoms with Crippen molar-refractivity contribution in [3.63, 3.8) is 0 Å². The molecule has 0 aromatic heterocycles. The van der Waals surface area contributed by atoms with Gasteiger partial charge in [-0.1, -0.05) is 13.3 Å². The quantitative estimate of drug-likeness (QED) is 0.490. The predicted molar refractivity (Wildman–Crippen MR) is 68.2 cm³/mol. The molecule has 4 heteroatoms. The molecule has 1 rings (SSSR count). The molecular formula is C10H19Cl3Ti. The Kier molecular flexibility index (Phi) is 49.8. The van der Waals surface area contributed by atoms with Gasteiger partial charge < -0.3 is 6.92 Å². The standard InChI is InChI=1S/C6H7.C4H9.3ClH.Ti/c1-6-4-2-3-5-6;1-3-4-2;;;;/h4-5H,2H2,1H3;1,3-4H2,2H3;3*1H;/q2*-1;;;;+2. The van der Waals surface area contributed by atoms with Crippen molar-refractivity contribution in [2.24, 2.45) is 0 Å². The van der Waals surface area contributed by atoms with Crippen LogP contribution in [0.1, 0.15) is 33.1 Å². The van der Waals surface area contributed by atoms with Gasteiger partial charge in [-0.25, -0.2) is 11.6 Å². The summed E-state index contributed by atoms with van der Waals surface area (Å²) in [6.45, 7) is 7.81. The maximum Gasteiger partial charge on any atom is 2.00 e. The number of rotatable bonds is 1. The Hall–Kier alpha value is 1.06. The van der Waals surface area contributed by atoms with E-state index in [4.69, 9.17) is 0 Å². The van der Waals surface area contributed by atoms with Crippen molar-refractivity contribution in [3.05, 3.63) is 30.7 Å². The molecule has 1 aliphatic carbocycles. The van der Waals surface area contributed by atoms with Gasteiger partial charge in [-0.3, -0.25) is 6.08 Å². The minimum absolute atomic E-state index is 0. The van der Waals surface area contributed by atoms with E-state index in [1.54, 1.807) is 0 Å². The molecule has 0 aromatic carbocycles. The number of hydrogen-bond acceptors (Lipinski definition) is 0. The zero-order valence-corrected chi connectivity index (χ0v) is 12.7. The first kappa shape index (κ1) is 29.4. The van der Waals surface area contributed by atoms with Gasteiger partial charge in [-0.2, -0.15) is 12.5 Å². The monoisotopic (exact) mass is 292 g/mol. The van der Waals surface area contributed by atoms with Gasteiger partial charge in [-0.15, -0.1) is 50.6 Å². The van der Waals surface area contributed by atoms with Gasteiger partial charge >= 0.3 is 21.7 Å². The Morgan fingerprint density at radius 1 is 1.36 bits per heavy atom. The molecule has 0 aromatic rings. The zero-order chi connectivity index (χ0) is 7.82. The first-order chi connectivity index (χ1) is 4.81. The van der Waals surface area contributed by atoms with Gasteiger partial charge in [0.15, 0.2) is 0 Å². The fourth-order valence-electron chi connectivity index (χ4n) is 0.499. The van der Waals surface area contributed by atoms with E-state index < -0.39 is 0 Å². The number of hydrogen-bond donors (Lipinski definition) is 0. The van der Waals surface area contributed by atoms with Gasteiger partial charge in [0.2, 0.25) is 0 Å². The van der Waals surface area contributed by atoms with E-state index in [-0.39, 0.29) is 58.9 Å². The Labute approximate surface area is 122 Å². The van der Waals surface area contributed by atoms with Crippen LogP contribution in [0.4, 0.5) is 0 Å². The van der Waals surface area contributed by atoms with Crippen LogP contribution < -0.4 is 0 Å². The molecule has 0 radical (unpaired) electrons. The van der Waals surface area contributed by atoms with Crippen LogP contribution in [0.2, 0.25) is 0 Å². The van der Waals surface area contributed by atoms with E-state index >= 15 is 0 Å². The van der Waals surface area contributed by atoms with E-state index in [0.29, 0.717) is 0 Å². The molecule has 84 valence electrons. The molecule has 0 heterocycles. The second-order valence-corrected chi connectivity index (χ2v) is 2.35. The molecule has 0 bridgehead atoms. The molecule has 14 heavy (non-hydrogen) atoms. The molecule has 0 aliphatic heterocycles. The smallest absolute Gasteiger partial charge is 0.343 e. The largest absolute Gasteiger partial charge is 2.00 e. The molecule has 0 atom stereocenters. The van der Waals surface area contributed by atoms with Crippen LogP contribution in [-0.2, 0) is 21.7 Å². The van der Waals surface area contributed by atoms with Gasteiger partial charge in [0.25, 0.3) is 0 Å². The van der Waals surface area contributed by atoms with Gasteiger partial charge in [0.1, 0.15) is 0 Å². The van der Waals surface area contributed by atoms with E-state index in [1.807, 2.05) is 6.08 Å². The van der Waals surface area contributed by atoms with E-state index in [9.17, 15) is 0 Å². The summed E-state index contributed by atoms with van der Waals surface area (Å²) >= 11 is 0. The summed E-state index contributed by atoms with van der Waals surface area (Å²) in [6.07, 6.45) is 10.5. The van der Waals surface area contributed by atoms with Crippen LogP contribution in [0.5, 0.6) is 0 Å². The SMILES string of the molecule is CC1=CC[C-]=C1.Cl.Cl.Cl.[CH2-]CCC.[Ti+2]. The van der Waals surface area contributed by atoms with Crippen molar-refractivity contribution >= 4 is 37.2 Å². The summed E-state index contributed by atoms with van der Waals surface area (Å²) in [7, 11) is 0. The fraction of sp³-hybridized carbons (Fsp3) is 0.500. The summed E-state index contributed by atoms with van der Waals surface area (Å²) in [5.74, 6) is 0. The molecule has 0 spiro atoms. The van der Waals surface area contributed by atoms with Crippen molar-refractivity contribution in [3.8, 4) is 0 Å². The van der Waals surface area contributed by atoms with Crippen LogP contribution >= 0.6 is 37.2 Å². The molecule has 0 fully saturated rings. The summed E-state index contributed by atoms with van der Waals surface area (Å²) in [5, 5.41) is 0. The maximum atomic E-state index is 3.60. The molecule has 0 saturated carbocycles. The second-order valence-electron chi connectivity index (χ2n) is 2.35.